The van der Waals surface area contributed by atoms with E-state index in [9.17, 15) is 9.46 Å². The maximum Gasteiger partial charge on any atom is 0.267 e. The Morgan fingerprint density at radius 1 is 0.756 bits per heavy atom. The highest BCUT2D eigenvalue weighted by atomic mass is 31.2. The zero-order valence-corrected chi connectivity index (χ0v) is 27.6. The number of ether oxygens (including phenoxy) is 2. The van der Waals surface area contributed by atoms with Crippen molar-refractivity contribution in [2.45, 2.75) is 129 Å². The van der Waals surface area contributed by atoms with Gasteiger partial charge >= 0.3 is 0 Å². The SMILES string of the molecule is CCCCCCCCCCCCCCCCOC[C@H](COP(=O)([O-])OCCCC[n+]1ccc(N(C)C)cc1)OCC. The first-order valence-corrected chi connectivity index (χ1v) is 17.8. The lowest BCUT2D eigenvalue weighted by Gasteiger charge is -2.25. The summed E-state index contributed by atoms with van der Waals surface area (Å²) >= 11 is 0. The third-order valence-corrected chi connectivity index (χ3v) is 8.18. The van der Waals surface area contributed by atoms with Crippen molar-refractivity contribution in [3.05, 3.63) is 24.5 Å². The number of aryl methyl sites for hydroxylation is 1. The van der Waals surface area contributed by atoms with Crippen LogP contribution in [0.4, 0.5) is 5.69 Å². The molecule has 0 aromatic carbocycles. The van der Waals surface area contributed by atoms with Crippen LogP contribution in [0.5, 0.6) is 0 Å². The highest BCUT2D eigenvalue weighted by molar-refractivity contribution is 7.45. The van der Waals surface area contributed by atoms with E-state index in [1.165, 1.54) is 77.0 Å². The van der Waals surface area contributed by atoms with E-state index in [4.69, 9.17) is 18.5 Å². The highest BCUT2D eigenvalue weighted by Crippen LogP contribution is 2.38. The van der Waals surface area contributed by atoms with Gasteiger partial charge in [0.2, 0.25) is 0 Å². The second-order valence-electron chi connectivity index (χ2n) is 11.2. The van der Waals surface area contributed by atoms with Gasteiger partial charge in [-0.05, 0) is 19.8 Å². The number of pyridine rings is 1. The maximum atomic E-state index is 12.2. The molecule has 0 aliphatic heterocycles. The number of aromatic nitrogens is 1. The standard InChI is InChI=1S/C32H61N2O6P/c1-5-7-8-9-10-11-12-13-14-15-16-17-18-20-27-37-29-32(38-6-2)30-40-41(35,36)39-28-21-19-24-34-25-22-31(23-26-34)33(3)4/h22-23,25-26,32H,5-21,24,27-30H2,1-4H3/t32-/m1/s1. The molecule has 9 heteroatoms. The number of nitrogens with zero attached hydrogens (tertiary/aromatic N) is 2. The Bertz CT molecular complexity index is 765. The summed E-state index contributed by atoms with van der Waals surface area (Å²) in [5.41, 5.74) is 1.14. The average Bonchev–Trinajstić information content (AvgIpc) is 2.95. The van der Waals surface area contributed by atoms with Crippen molar-refractivity contribution < 1.29 is 32.5 Å². The van der Waals surface area contributed by atoms with E-state index >= 15 is 0 Å². The van der Waals surface area contributed by atoms with E-state index in [2.05, 4.69) is 23.6 Å². The molecule has 2 atom stereocenters. The monoisotopic (exact) mass is 600 g/mol. The summed E-state index contributed by atoms with van der Waals surface area (Å²) in [5, 5.41) is 0. The number of anilines is 1. The molecule has 0 spiro atoms. The maximum absolute atomic E-state index is 12.2. The predicted octanol–water partition coefficient (Wildman–Crippen LogP) is 7.22. The van der Waals surface area contributed by atoms with Gasteiger partial charge in [-0.3, -0.25) is 4.57 Å². The van der Waals surface area contributed by atoms with E-state index < -0.39 is 13.9 Å². The molecule has 1 aromatic rings. The van der Waals surface area contributed by atoms with E-state index in [0.29, 0.717) is 26.2 Å². The van der Waals surface area contributed by atoms with Crippen molar-refractivity contribution in [3.63, 3.8) is 0 Å². The van der Waals surface area contributed by atoms with Crippen LogP contribution < -0.4 is 14.4 Å². The number of phosphoric acid groups is 1. The third kappa shape index (κ3) is 22.2. The van der Waals surface area contributed by atoms with Gasteiger partial charge in [-0.2, -0.15) is 0 Å². The van der Waals surface area contributed by atoms with Crippen LogP contribution in [0.2, 0.25) is 0 Å². The number of unbranched alkanes of at least 4 members (excludes halogenated alkanes) is 14. The summed E-state index contributed by atoms with van der Waals surface area (Å²) in [6.07, 6.45) is 23.6. The molecule has 1 aromatic heterocycles. The molecule has 8 nitrogen and oxygen atoms in total. The Hall–Kier alpha value is -1.02. The molecular formula is C32H61N2O6P. The average molecular weight is 601 g/mol. The van der Waals surface area contributed by atoms with Crippen LogP contribution in [0, 0.1) is 0 Å². The summed E-state index contributed by atoms with van der Waals surface area (Å²) in [4.78, 5) is 14.2. The Kier molecular flexibility index (Phi) is 23.6. The third-order valence-electron chi connectivity index (χ3n) is 7.22. The first-order valence-electron chi connectivity index (χ1n) is 16.3. The van der Waals surface area contributed by atoms with E-state index in [1.807, 2.05) is 38.3 Å². The van der Waals surface area contributed by atoms with Crippen LogP contribution in [0.1, 0.15) is 117 Å². The molecule has 41 heavy (non-hydrogen) atoms. The number of phosphoric ester groups is 1. The van der Waals surface area contributed by atoms with Gasteiger partial charge in [0.25, 0.3) is 7.82 Å². The lowest BCUT2D eigenvalue weighted by Crippen LogP contribution is -2.33. The Morgan fingerprint density at radius 3 is 1.83 bits per heavy atom. The van der Waals surface area contributed by atoms with Gasteiger partial charge < -0.3 is 28.3 Å². The number of rotatable bonds is 29. The van der Waals surface area contributed by atoms with Gasteiger partial charge in [0.15, 0.2) is 12.4 Å². The molecule has 0 fully saturated rings. The van der Waals surface area contributed by atoms with Crippen molar-refractivity contribution in [2.75, 3.05) is 52.0 Å². The molecule has 1 unspecified atom stereocenters. The zero-order valence-electron chi connectivity index (χ0n) is 26.7. The predicted molar refractivity (Wildman–Crippen MR) is 166 cm³/mol. The molecule has 0 bridgehead atoms. The summed E-state index contributed by atoms with van der Waals surface area (Å²) in [7, 11) is -0.363. The molecule has 0 saturated heterocycles. The lowest BCUT2D eigenvalue weighted by atomic mass is 10.0. The molecule has 0 aliphatic rings. The fourth-order valence-corrected chi connectivity index (χ4v) is 5.45. The smallest absolute Gasteiger partial charge is 0.267 e. The fraction of sp³-hybridized carbons (Fsp3) is 0.844. The van der Waals surface area contributed by atoms with Crippen LogP contribution in [0.25, 0.3) is 0 Å². The molecule has 1 heterocycles. The van der Waals surface area contributed by atoms with Gasteiger partial charge in [-0.15, -0.1) is 0 Å². The minimum absolute atomic E-state index is 0.0958. The van der Waals surface area contributed by atoms with Gasteiger partial charge in [0.1, 0.15) is 12.6 Å². The van der Waals surface area contributed by atoms with Gasteiger partial charge in [-0.1, -0.05) is 90.4 Å². The van der Waals surface area contributed by atoms with Gasteiger partial charge in [-0.25, -0.2) is 4.57 Å². The van der Waals surface area contributed by atoms with Gasteiger partial charge in [0.05, 0.1) is 19.8 Å². The minimum atomic E-state index is -4.37. The summed E-state index contributed by atoms with van der Waals surface area (Å²) in [6, 6.07) is 4.10. The van der Waals surface area contributed by atoms with Crippen molar-refractivity contribution in [1.82, 2.24) is 0 Å². The van der Waals surface area contributed by atoms with Crippen LogP contribution in [-0.4, -0.2) is 53.2 Å². The zero-order chi connectivity index (χ0) is 30.0. The lowest BCUT2D eigenvalue weighted by molar-refractivity contribution is -0.697. The van der Waals surface area contributed by atoms with Crippen molar-refractivity contribution in [3.8, 4) is 0 Å². The van der Waals surface area contributed by atoms with Crippen LogP contribution in [0.3, 0.4) is 0 Å². The molecular weight excluding hydrogens is 539 g/mol. The second kappa shape index (κ2) is 25.5. The van der Waals surface area contributed by atoms with Crippen LogP contribution in [0.15, 0.2) is 24.5 Å². The highest BCUT2D eigenvalue weighted by Gasteiger charge is 2.16. The Labute approximate surface area is 251 Å². The topological polar surface area (TPSA) is 84.2 Å². The number of hydrogen-bond donors (Lipinski definition) is 0. The first-order chi connectivity index (χ1) is 19.9. The quantitative estimate of drug-likeness (QED) is 0.0545. The van der Waals surface area contributed by atoms with Crippen molar-refractivity contribution in [2.24, 2.45) is 0 Å². The second-order valence-corrected chi connectivity index (χ2v) is 12.6. The first kappa shape index (κ1) is 38.0. The fourth-order valence-electron chi connectivity index (χ4n) is 4.67. The normalized spacial score (nSPS) is 13.8. The van der Waals surface area contributed by atoms with Crippen LogP contribution >= 0.6 is 7.82 Å². The minimum Gasteiger partial charge on any atom is -0.756 e. The van der Waals surface area contributed by atoms with E-state index in [1.54, 1.807) is 0 Å². The van der Waals surface area contributed by atoms with Gasteiger partial charge in [0, 0.05) is 51.6 Å². The molecule has 0 amide bonds. The number of hydrogen-bond acceptors (Lipinski definition) is 7. The molecule has 0 aliphatic carbocycles. The van der Waals surface area contributed by atoms with E-state index in [0.717, 1.165) is 31.5 Å². The molecule has 240 valence electrons. The largest absolute Gasteiger partial charge is 0.756 e. The molecule has 1 rings (SSSR count). The molecule has 0 saturated carbocycles. The Balaban J connectivity index is 2.02. The summed E-state index contributed by atoms with van der Waals surface area (Å²) in [5.74, 6) is 0. The summed E-state index contributed by atoms with van der Waals surface area (Å²) < 4.78 is 35.7. The van der Waals surface area contributed by atoms with Crippen molar-refractivity contribution in [1.29, 1.82) is 0 Å². The summed E-state index contributed by atoms with van der Waals surface area (Å²) in [6.45, 7) is 6.39. The Morgan fingerprint density at radius 2 is 1.29 bits per heavy atom. The van der Waals surface area contributed by atoms with Crippen molar-refractivity contribution >= 4 is 13.5 Å². The molecule has 0 radical (unpaired) electrons. The molecule has 0 N–H and O–H groups in total. The van der Waals surface area contributed by atoms with Crippen LogP contribution in [-0.2, 0) is 29.6 Å². The van der Waals surface area contributed by atoms with E-state index in [-0.39, 0.29) is 13.2 Å².